The summed E-state index contributed by atoms with van der Waals surface area (Å²) in [7, 11) is 1.82. The van der Waals surface area contributed by atoms with Crippen LogP contribution in [0.2, 0.25) is 0 Å². The van der Waals surface area contributed by atoms with Gasteiger partial charge in [-0.05, 0) is 47.9 Å². The molecule has 1 aliphatic carbocycles. The zero-order valence-electron chi connectivity index (χ0n) is 19.7. The zero-order chi connectivity index (χ0) is 24.4. The van der Waals surface area contributed by atoms with Gasteiger partial charge >= 0.3 is 0 Å². The first-order chi connectivity index (χ1) is 17.0. The number of benzene rings is 2. The van der Waals surface area contributed by atoms with Crippen molar-refractivity contribution in [1.29, 1.82) is 0 Å². The molecular formula is C25H27N7O2S. The first-order valence-electron chi connectivity index (χ1n) is 11.6. The third-order valence-electron chi connectivity index (χ3n) is 6.83. The molecule has 0 bridgehead atoms. The largest absolute Gasteiger partial charge is 0.354 e. The Morgan fingerprint density at radius 1 is 1.09 bits per heavy atom. The van der Waals surface area contributed by atoms with Gasteiger partial charge in [0, 0.05) is 19.0 Å². The SMILES string of the molecule is Cc1c(-n2nnnc2SCC(=O)NCC2(c3ccccc3)CCC2)c(=O)n(-c2ccccc2)n1C. The first-order valence-corrected chi connectivity index (χ1v) is 12.6. The van der Waals surface area contributed by atoms with Crippen molar-refractivity contribution in [3.05, 3.63) is 82.3 Å². The van der Waals surface area contributed by atoms with Gasteiger partial charge in [0.15, 0.2) is 5.69 Å². The second-order valence-corrected chi connectivity index (χ2v) is 9.79. The molecule has 0 atom stereocenters. The first kappa shape index (κ1) is 23.1. The number of carbonyl (C=O) groups is 1. The van der Waals surface area contributed by atoms with Gasteiger partial charge < -0.3 is 5.32 Å². The Bertz CT molecular complexity index is 1390. The van der Waals surface area contributed by atoms with Crippen molar-refractivity contribution in [2.45, 2.75) is 36.8 Å². The van der Waals surface area contributed by atoms with E-state index in [0.29, 0.717) is 23.1 Å². The Kier molecular flexibility index (Phi) is 6.29. The van der Waals surface area contributed by atoms with Crippen LogP contribution in [0.5, 0.6) is 0 Å². The van der Waals surface area contributed by atoms with E-state index in [1.165, 1.54) is 28.4 Å². The van der Waals surface area contributed by atoms with Gasteiger partial charge in [0.05, 0.1) is 17.1 Å². The van der Waals surface area contributed by atoms with Gasteiger partial charge in [0.25, 0.3) is 5.56 Å². The number of hydrogen-bond acceptors (Lipinski definition) is 6. The molecule has 2 heterocycles. The predicted octanol–water partition coefficient (Wildman–Crippen LogP) is 2.79. The second-order valence-electron chi connectivity index (χ2n) is 8.85. The number of rotatable bonds is 8. The predicted molar refractivity (Wildman–Crippen MR) is 134 cm³/mol. The quantitative estimate of drug-likeness (QED) is 0.382. The Labute approximate surface area is 207 Å². The summed E-state index contributed by atoms with van der Waals surface area (Å²) in [6.45, 7) is 2.46. The summed E-state index contributed by atoms with van der Waals surface area (Å²) in [5.41, 5.74) is 2.89. The lowest BCUT2D eigenvalue weighted by Gasteiger charge is -2.42. The van der Waals surface area contributed by atoms with Crippen molar-refractivity contribution in [1.82, 2.24) is 34.9 Å². The molecule has 180 valence electrons. The third-order valence-corrected chi connectivity index (χ3v) is 7.75. The Morgan fingerprint density at radius 3 is 2.43 bits per heavy atom. The van der Waals surface area contributed by atoms with Gasteiger partial charge in [-0.15, -0.1) is 5.10 Å². The van der Waals surface area contributed by atoms with Gasteiger partial charge in [0.2, 0.25) is 11.1 Å². The maximum atomic E-state index is 13.3. The van der Waals surface area contributed by atoms with Crippen LogP contribution in [0.3, 0.4) is 0 Å². The molecule has 2 aromatic heterocycles. The van der Waals surface area contributed by atoms with Crippen LogP contribution in [0, 0.1) is 6.92 Å². The average Bonchev–Trinajstić information content (AvgIpc) is 3.39. The average molecular weight is 490 g/mol. The van der Waals surface area contributed by atoms with E-state index in [4.69, 9.17) is 0 Å². The number of para-hydroxylation sites is 1. The Hall–Kier alpha value is -3.66. The molecule has 0 aliphatic heterocycles. The minimum Gasteiger partial charge on any atom is -0.354 e. The van der Waals surface area contributed by atoms with Crippen LogP contribution < -0.4 is 10.9 Å². The van der Waals surface area contributed by atoms with E-state index in [2.05, 4.69) is 33.0 Å². The number of thioether (sulfide) groups is 1. The second kappa shape index (κ2) is 9.53. The molecule has 1 saturated carbocycles. The summed E-state index contributed by atoms with van der Waals surface area (Å²) >= 11 is 1.21. The van der Waals surface area contributed by atoms with Gasteiger partial charge in [-0.3, -0.25) is 14.3 Å². The topological polar surface area (TPSA) is 99.6 Å². The molecule has 1 N–H and O–H groups in total. The van der Waals surface area contributed by atoms with E-state index in [1.807, 2.05) is 62.5 Å². The molecule has 1 fully saturated rings. The van der Waals surface area contributed by atoms with Crippen molar-refractivity contribution in [2.75, 3.05) is 12.3 Å². The smallest absolute Gasteiger partial charge is 0.297 e. The van der Waals surface area contributed by atoms with Crippen LogP contribution in [0.1, 0.15) is 30.5 Å². The van der Waals surface area contributed by atoms with Crippen molar-refractivity contribution in [2.24, 2.45) is 7.05 Å². The maximum absolute atomic E-state index is 13.3. The number of nitrogens with one attached hydrogen (secondary N) is 1. The Morgan fingerprint density at radius 2 is 1.77 bits per heavy atom. The fraction of sp³-hybridized carbons (Fsp3) is 0.320. The van der Waals surface area contributed by atoms with Crippen LogP contribution in [-0.2, 0) is 17.3 Å². The maximum Gasteiger partial charge on any atom is 0.297 e. The van der Waals surface area contributed by atoms with E-state index in [-0.39, 0.29) is 22.6 Å². The number of amides is 1. The van der Waals surface area contributed by atoms with Gasteiger partial charge in [-0.25, -0.2) is 4.68 Å². The van der Waals surface area contributed by atoms with Crippen molar-refractivity contribution in [3.8, 4) is 11.4 Å². The fourth-order valence-corrected chi connectivity index (χ4v) is 5.33. The number of aromatic nitrogens is 6. The molecule has 2 aromatic carbocycles. The summed E-state index contributed by atoms with van der Waals surface area (Å²) in [5, 5.41) is 15.4. The molecule has 9 nitrogen and oxygen atoms in total. The van der Waals surface area contributed by atoms with E-state index in [9.17, 15) is 9.59 Å². The molecular weight excluding hydrogens is 462 g/mol. The van der Waals surface area contributed by atoms with Crippen molar-refractivity contribution >= 4 is 17.7 Å². The minimum atomic E-state index is -0.232. The zero-order valence-corrected chi connectivity index (χ0v) is 20.5. The molecule has 0 saturated heterocycles. The van der Waals surface area contributed by atoms with Crippen LogP contribution in [-0.4, -0.2) is 47.8 Å². The highest BCUT2D eigenvalue weighted by molar-refractivity contribution is 7.99. The minimum absolute atomic E-state index is 0.0207. The molecule has 0 spiro atoms. The summed E-state index contributed by atoms with van der Waals surface area (Å²) in [6.07, 6.45) is 3.32. The van der Waals surface area contributed by atoms with E-state index in [1.54, 1.807) is 9.36 Å². The Balaban J connectivity index is 1.30. The molecule has 1 aliphatic rings. The van der Waals surface area contributed by atoms with Crippen LogP contribution in [0.25, 0.3) is 11.4 Å². The fourth-order valence-electron chi connectivity index (χ4n) is 4.62. The molecule has 5 rings (SSSR count). The van der Waals surface area contributed by atoms with Gasteiger partial charge in [-0.1, -0.05) is 66.7 Å². The lowest BCUT2D eigenvalue weighted by molar-refractivity contribution is -0.119. The highest BCUT2D eigenvalue weighted by atomic mass is 32.2. The summed E-state index contributed by atoms with van der Waals surface area (Å²) in [6, 6.07) is 19.8. The molecule has 1 amide bonds. The number of hydrogen-bond donors (Lipinski definition) is 1. The molecule has 35 heavy (non-hydrogen) atoms. The van der Waals surface area contributed by atoms with Crippen molar-refractivity contribution in [3.63, 3.8) is 0 Å². The summed E-state index contributed by atoms with van der Waals surface area (Å²) in [4.78, 5) is 26.0. The highest BCUT2D eigenvalue weighted by Crippen LogP contribution is 2.43. The lowest BCUT2D eigenvalue weighted by Crippen LogP contribution is -2.46. The molecule has 10 heteroatoms. The lowest BCUT2D eigenvalue weighted by atomic mass is 9.64. The van der Waals surface area contributed by atoms with Gasteiger partial charge in [0.1, 0.15) is 0 Å². The van der Waals surface area contributed by atoms with Gasteiger partial charge in [-0.2, -0.15) is 4.68 Å². The number of carbonyl (C=O) groups excluding carboxylic acids is 1. The molecule has 4 aromatic rings. The third kappa shape index (κ3) is 4.29. The highest BCUT2D eigenvalue weighted by Gasteiger charge is 2.38. The van der Waals surface area contributed by atoms with E-state index < -0.39 is 0 Å². The number of nitrogens with zero attached hydrogens (tertiary/aromatic N) is 6. The van der Waals surface area contributed by atoms with Crippen LogP contribution >= 0.6 is 11.8 Å². The van der Waals surface area contributed by atoms with E-state index in [0.717, 1.165) is 18.5 Å². The van der Waals surface area contributed by atoms with Crippen LogP contribution in [0.4, 0.5) is 0 Å². The monoisotopic (exact) mass is 489 g/mol. The normalized spacial score (nSPS) is 14.5. The van der Waals surface area contributed by atoms with Crippen LogP contribution in [0.15, 0.2) is 70.6 Å². The van der Waals surface area contributed by atoms with Crippen molar-refractivity contribution < 1.29 is 4.79 Å². The van der Waals surface area contributed by atoms with E-state index >= 15 is 0 Å². The summed E-state index contributed by atoms with van der Waals surface area (Å²) < 4.78 is 4.78. The molecule has 0 unspecified atom stereocenters. The standard InChI is InChI=1S/C25H27N7O2S/c1-18-22(23(34)32(30(18)2)20-12-7-4-8-13-20)31-24(27-28-29-31)35-16-21(33)26-17-25(14-9-15-25)19-10-5-3-6-11-19/h3-8,10-13H,9,14-17H2,1-2H3,(H,26,33). The summed E-state index contributed by atoms with van der Waals surface area (Å²) in [5.74, 6) is 0.0718. The number of tetrazole rings is 1. The molecule has 0 radical (unpaired) electrons.